The lowest BCUT2D eigenvalue weighted by molar-refractivity contribution is 0.473. The van der Waals surface area contributed by atoms with Gasteiger partial charge in [-0.2, -0.15) is 0 Å². The molecule has 2 heteroatoms. The molecule has 0 fully saturated rings. The summed E-state index contributed by atoms with van der Waals surface area (Å²) in [6.07, 6.45) is 5.91. The first-order chi connectivity index (χ1) is 9.26. The topological polar surface area (TPSA) is 33.1 Å². The van der Waals surface area contributed by atoms with E-state index in [0.29, 0.717) is 17.6 Å². The highest BCUT2D eigenvalue weighted by atomic mass is 16.3. The van der Waals surface area contributed by atoms with Gasteiger partial charge >= 0.3 is 0 Å². The molecule has 19 heavy (non-hydrogen) atoms. The largest absolute Gasteiger partial charge is 0.508 e. The highest BCUT2D eigenvalue weighted by Crippen LogP contribution is 2.37. The van der Waals surface area contributed by atoms with E-state index < -0.39 is 0 Å². The van der Waals surface area contributed by atoms with E-state index in [0.717, 1.165) is 12.8 Å². The second-order valence-corrected chi connectivity index (χ2v) is 4.90. The van der Waals surface area contributed by atoms with Crippen molar-refractivity contribution in [3.05, 3.63) is 59.9 Å². The zero-order valence-electron chi connectivity index (χ0n) is 11.6. The van der Waals surface area contributed by atoms with Crippen molar-refractivity contribution in [2.24, 2.45) is 0 Å². The Morgan fingerprint density at radius 1 is 0.842 bits per heavy atom. The normalized spacial score (nSPS) is 14.0. The van der Waals surface area contributed by atoms with Crippen molar-refractivity contribution in [1.29, 1.82) is 0 Å². The molecular formula is C17H21NO. The average Bonchev–Trinajstić information content (AvgIpc) is 2.47. The molecule has 2 nitrogen and oxygen atoms in total. The van der Waals surface area contributed by atoms with Crippen molar-refractivity contribution in [2.75, 3.05) is 0 Å². The number of hydrogen-bond acceptors (Lipinski definition) is 2. The summed E-state index contributed by atoms with van der Waals surface area (Å²) in [6, 6.07) is 11.8. The summed E-state index contributed by atoms with van der Waals surface area (Å²) in [7, 11) is 0. The summed E-state index contributed by atoms with van der Waals surface area (Å²) >= 11 is 0. The second-order valence-electron chi connectivity index (χ2n) is 4.90. The maximum atomic E-state index is 9.42. The van der Waals surface area contributed by atoms with Crippen LogP contribution < -0.4 is 0 Å². The van der Waals surface area contributed by atoms with Gasteiger partial charge in [0.2, 0.25) is 0 Å². The van der Waals surface area contributed by atoms with Crippen LogP contribution in [-0.4, -0.2) is 10.1 Å². The monoisotopic (exact) mass is 255 g/mol. The van der Waals surface area contributed by atoms with Crippen LogP contribution in [0.1, 0.15) is 49.7 Å². The number of pyridine rings is 1. The number of aromatic nitrogens is 1. The summed E-state index contributed by atoms with van der Waals surface area (Å²) in [6.45, 7) is 4.45. The van der Waals surface area contributed by atoms with Crippen LogP contribution in [0.5, 0.6) is 5.75 Å². The van der Waals surface area contributed by atoms with Gasteiger partial charge in [0.1, 0.15) is 5.75 Å². The van der Waals surface area contributed by atoms with E-state index in [1.54, 1.807) is 12.1 Å². The predicted octanol–water partition coefficient (Wildman–Crippen LogP) is 4.47. The van der Waals surface area contributed by atoms with Crippen molar-refractivity contribution in [3.63, 3.8) is 0 Å². The molecule has 100 valence electrons. The molecule has 0 amide bonds. The minimum Gasteiger partial charge on any atom is -0.508 e. The SMILES string of the molecule is CC[C@H](c1ccc(O)cc1)[C@@H](CC)c1ccncc1. The van der Waals surface area contributed by atoms with Gasteiger partial charge in [-0.3, -0.25) is 4.98 Å². The molecule has 0 saturated heterocycles. The minimum atomic E-state index is 0.329. The van der Waals surface area contributed by atoms with Crippen LogP contribution in [0, 0.1) is 0 Å². The molecule has 1 N–H and O–H groups in total. The lowest BCUT2D eigenvalue weighted by Crippen LogP contribution is -2.10. The minimum absolute atomic E-state index is 0.329. The number of nitrogens with zero attached hydrogens (tertiary/aromatic N) is 1. The number of hydrogen-bond donors (Lipinski definition) is 1. The first-order valence-electron chi connectivity index (χ1n) is 6.95. The maximum Gasteiger partial charge on any atom is 0.115 e. The van der Waals surface area contributed by atoms with E-state index in [1.165, 1.54) is 11.1 Å². The highest BCUT2D eigenvalue weighted by Gasteiger charge is 2.21. The number of aromatic hydroxyl groups is 1. The lowest BCUT2D eigenvalue weighted by atomic mass is 9.78. The smallest absolute Gasteiger partial charge is 0.115 e. The van der Waals surface area contributed by atoms with Gasteiger partial charge in [-0.15, -0.1) is 0 Å². The van der Waals surface area contributed by atoms with Gasteiger partial charge in [0.25, 0.3) is 0 Å². The van der Waals surface area contributed by atoms with Gasteiger partial charge in [-0.1, -0.05) is 26.0 Å². The fourth-order valence-corrected chi connectivity index (χ4v) is 2.84. The van der Waals surface area contributed by atoms with E-state index in [9.17, 15) is 5.11 Å². The molecule has 0 saturated carbocycles. The lowest BCUT2D eigenvalue weighted by Gasteiger charge is -2.26. The van der Waals surface area contributed by atoms with Gasteiger partial charge in [-0.25, -0.2) is 0 Å². The van der Waals surface area contributed by atoms with Crippen molar-refractivity contribution in [1.82, 2.24) is 4.98 Å². The zero-order chi connectivity index (χ0) is 13.7. The van der Waals surface area contributed by atoms with Crippen molar-refractivity contribution in [3.8, 4) is 5.75 Å². The summed E-state index contributed by atoms with van der Waals surface area (Å²) in [5.74, 6) is 1.31. The first-order valence-corrected chi connectivity index (χ1v) is 6.95. The molecule has 0 spiro atoms. The third-order valence-corrected chi connectivity index (χ3v) is 3.82. The fourth-order valence-electron chi connectivity index (χ4n) is 2.84. The van der Waals surface area contributed by atoms with Crippen LogP contribution >= 0.6 is 0 Å². The van der Waals surface area contributed by atoms with Gasteiger partial charge in [0.05, 0.1) is 0 Å². The molecule has 0 aliphatic heterocycles. The molecule has 1 heterocycles. The third kappa shape index (κ3) is 3.14. The van der Waals surface area contributed by atoms with E-state index >= 15 is 0 Å². The van der Waals surface area contributed by atoms with E-state index in [4.69, 9.17) is 0 Å². The Morgan fingerprint density at radius 3 is 1.79 bits per heavy atom. The third-order valence-electron chi connectivity index (χ3n) is 3.82. The van der Waals surface area contributed by atoms with Crippen LogP contribution in [0.2, 0.25) is 0 Å². The Balaban J connectivity index is 2.31. The van der Waals surface area contributed by atoms with Crippen LogP contribution in [0.25, 0.3) is 0 Å². The molecule has 0 bridgehead atoms. The quantitative estimate of drug-likeness (QED) is 0.854. The van der Waals surface area contributed by atoms with Crippen LogP contribution in [-0.2, 0) is 0 Å². The second kappa shape index (κ2) is 6.37. The molecule has 2 atom stereocenters. The molecular weight excluding hydrogens is 234 g/mol. The van der Waals surface area contributed by atoms with Gasteiger partial charge in [0.15, 0.2) is 0 Å². The van der Waals surface area contributed by atoms with E-state index in [2.05, 4.69) is 31.0 Å². The number of phenols is 1. The van der Waals surface area contributed by atoms with Crippen LogP contribution in [0.15, 0.2) is 48.8 Å². The van der Waals surface area contributed by atoms with Crippen LogP contribution in [0.4, 0.5) is 0 Å². The molecule has 1 aromatic carbocycles. The Bertz CT molecular complexity index is 492. The zero-order valence-corrected chi connectivity index (χ0v) is 11.6. The van der Waals surface area contributed by atoms with Crippen molar-refractivity contribution < 1.29 is 5.11 Å². The van der Waals surface area contributed by atoms with Crippen molar-refractivity contribution >= 4 is 0 Å². The fraction of sp³-hybridized carbons (Fsp3) is 0.353. The molecule has 2 aromatic rings. The summed E-state index contributed by atoms with van der Waals surface area (Å²) in [5, 5.41) is 9.42. The predicted molar refractivity (Wildman–Crippen MR) is 78.4 cm³/mol. The van der Waals surface area contributed by atoms with Crippen LogP contribution in [0.3, 0.4) is 0 Å². The Kier molecular flexibility index (Phi) is 4.56. The molecule has 1 aromatic heterocycles. The molecule has 0 aliphatic carbocycles. The Morgan fingerprint density at radius 2 is 1.32 bits per heavy atom. The van der Waals surface area contributed by atoms with Gasteiger partial charge < -0.3 is 5.11 Å². The molecule has 0 unspecified atom stereocenters. The summed E-state index contributed by atoms with van der Waals surface area (Å²) in [4.78, 5) is 4.10. The Labute approximate surface area is 115 Å². The first kappa shape index (κ1) is 13.6. The van der Waals surface area contributed by atoms with E-state index in [1.807, 2.05) is 24.5 Å². The van der Waals surface area contributed by atoms with Gasteiger partial charge in [0, 0.05) is 12.4 Å². The summed E-state index contributed by atoms with van der Waals surface area (Å²) < 4.78 is 0. The molecule has 0 radical (unpaired) electrons. The van der Waals surface area contributed by atoms with Crippen molar-refractivity contribution in [2.45, 2.75) is 38.5 Å². The number of benzene rings is 1. The van der Waals surface area contributed by atoms with Gasteiger partial charge in [-0.05, 0) is 60.1 Å². The Hall–Kier alpha value is -1.83. The maximum absolute atomic E-state index is 9.42. The summed E-state index contributed by atoms with van der Waals surface area (Å²) in [5.41, 5.74) is 2.64. The number of rotatable bonds is 5. The number of phenolic OH excluding ortho intramolecular Hbond substituents is 1. The van der Waals surface area contributed by atoms with E-state index in [-0.39, 0.29) is 0 Å². The average molecular weight is 255 g/mol. The molecule has 2 rings (SSSR count). The standard InChI is InChI=1S/C17H21NO/c1-3-16(13-5-7-15(19)8-6-13)17(4-2)14-9-11-18-12-10-14/h5-12,16-17,19H,3-4H2,1-2H3/t16-,17+/m1/s1. The molecule has 0 aliphatic rings. The highest BCUT2D eigenvalue weighted by molar-refractivity contribution is 5.31.